The Morgan fingerprint density at radius 3 is 2.08 bits per heavy atom. The van der Waals surface area contributed by atoms with E-state index in [9.17, 15) is 16.8 Å². The Kier molecular flexibility index (Phi) is 4.88. The Hall–Kier alpha value is -0.790. The van der Waals surface area contributed by atoms with Crippen molar-refractivity contribution in [3.63, 3.8) is 0 Å². The van der Waals surface area contributed by atoms with Gasteiger partial charge in [0.1, 0.15) is 9.10 Å². The van der Waals surface area contributed by atoms with Gasteiger partial charge in [-0.2, -0.15) is 13.7 Å². The minimum absolute atomic E-state index is 0.114. The molecule has 3 rings (SSSR count). The average Bonchev–Trinajstić information content (AvgIpc) is 3.16. The average molecular weight is 455 g/mol. The zero-order valence-corrected chi connectivity index (χ0v) is 16.7. The van der Waals surface area contributed by atoms with E-state index in [2.05, 4.69) is 21.0 Å². The third-order valence-corrected chi connectivity index (χ3v) is 9.50. The zero-order valence-electron chi connectivity index (χ0n) is 12.7. The summed E-state index contributed by atoms with van der Waals surface area (Å²) in [6, 6.07) is 3.23. The van der Waals surface area contributed by atoms with Crippen molar-refractivity contribution in [2.45, 2.75) is 9.10 Å². The Balaban J connectivity index is 1.74. The van der Waals surface area contributed by atoms with Crippen molar-refractivity contribution in [1.29, 1.82) is 0 Å². The number of aromatic nitrogens is 2. The molecule has 0 radical (unpaired) electrons. The van der Waals surface area contributed by atoms with Gasteiger partial charge in [-0.15, -0.1) is 11.3 Å². The van der Waals surface area contributed by atoms with Crippen molar-refractivity contribution in [3.05, 3.63) is 28.3 Å². The number of hydrogen-bond donors (Lipinski definition) is 0. The maximum absolute atomic E-state index is 12.6. The van der Waals surface area contributed by atoms with Gasteiger partial charge in [0, 0.05) is 39.4 Å². The van der Waals surface area contributed by atoms with Gasteiger partial charge in [-0.1, -0.05) is 0 Å². The molecule has 0 aliphatic carbocycles. The van der Waals surface area contributed by atoms with Crippen LogP contribution in [0, 0.1) is 0 Å². The minimum atomic E-state index is -3.65. The lowest BCUT2D eigenvalue weighted by Crippen LogP contribution is -2.50. The SMILES string of the molecule is Cn1cc(S(=O)(=O)N2CCN(S(=O)(=O)c3ccc(Br)s3)CC2)cn1. The van der Waals surface area contributed by atoms with Crippen LogP contribution in [-0.4, -0.2) is 61.4 Å². The van der Waals surface area contributed by atoms with Crippen LogP contribution < -0.4 is 0 Å². The summed E-state index contributed by atoms with van der Waals surface area (Å²) in [5.41, 5.74) is 0. The Bertz CT molecular complexity index is 864. The van der Waals surface area contributed by atoms with Crippen LogP contribution in [-0.2, 0) is 27.1 Å². The molecular weight excluding hydrogens is 440 g/mol. The van der Waals surface area contributed by atoms with Crippen LogP contribution in [0.4, 0.5) is 0 Å². The van der Waals surface area contributed by atoms with Crippen molar-refractivity contribution >= 4 is 47.3 Å². The maximum Gasteiger partial charge on any atom is 0.252 e. The van der Waals surface area contributed by atoms with E-state index < -0.39 is 20.0 Å². The van der Waals surface area contributed by atoms with E-state index in [0.717, 1.165) is 15.1 Å². The molecule has 0 atom stereocenters. The first-order chi connectivity index (χ1) is 11.2. The number of piperazine rings is 1. The molecule has 132 valence electrons. The smallest absolute Gasteiger partial charge is 0.252 e. The summed E-state index contributed by atoms with van der Waals surface area (Å²) in [6.45, 7) is 0.473. The van der Waals surface area contributed by atoms with Gasteiger partial charge in [-0.25, -0.2) is 16.8 Å². The van der Waals surface area contributed by atoms with Crippen LogP contribution in [0.5, 0.6) is 0 Å². The fourth-order valence-corrected chi connectivity index (χ4v) is 7.39. The first kappa shape index (κ1) is 18.0. The van der Waals surface area contributed by atoms with Crippen LogP contribution >= 0.6 is 27.3 Å². The van der Waals surface area contributed by atoms with E-state index in [1.54, 1.807) is 19.2 Å². The lowest BCUT2D eigenvalue weighted by molar-refractivity contribution is 0.273. The number of aryl methyl sites for hydroxylation is 1. The van der Waals surface area contributed by atoms with E-state index >= 15 is 0 Å². The number of hydrogen-bond acceptors (Lipinski definition) is 6. The highest BCUT2D eigenvalue weighted by Gasteiger charge is 2.34. The number of rotatable bonds is 4. The Morgan fingerprint density at radius 2 is 1.62 bits per heavy atom. The van der Waals surface area contributed by atoms with Crippen LogP contribution in [0.25, 0.3) is 0 Å². The number of halogens is 1. The van der Waals surface area contributed by atoms with E-state index in [0.29, 0.717) is 0 Å². The van der Waals surface area contributed by atoms with Crippen molar-refractivity contribution in [3.8, 4) is 0 Å². The monoisotopic (exact) mass is 454 g/mol. The lowest BCUT2D eigenvalue weighted by atomic mass is 10.4. The van der Waals surface area contributed by atoms with E-state index in [4.69, 9.17) is 0 Å². The molecule has 1 saturated heterocycles. The summed E-state index contributed by atoms with van der Waals surface area (Å²) >= 11 is 4.39. The molecule has 0 spiro atoms. The summed E-state index contributed by atoms with van der Waals surface area (Å²) in [6.07, 6.45) is 2.73. The largest absolute Gasteiger partial charge is 0.274 e. The maximum atomic E-state index is 12.6. The second kappa shape index (κ2) is 6.50. The highest BCUT2D eigenvalue weighted by molar-refractivity contribution is 9.11. The molecule has 1 aliphatic rings. The summed E-state index contributed by atoms with van der Waals surface area (Å²) in [7, 11) is -5.59. The first-order valence-corrected chi connectivity index (χ1v) is 11.4. The van der Waals surface area contributed by atoms with Crippen molar-refractivity contribution in [2.75, 3.05) is 26.2 Å². The number of sulfonamides is 2. The molecule has 2 aromatic heterocycles. The molecular formula is C12H15BrN4O4S3. The topological polar surface area (TPSA) is 92.6 Å². The van der Waals surface area contributed by atoms with Gasteiger partial charge < -0.3 is 0 Å². The fraction of sp³-hybridized carbons (Fsp3) is 0.417. The second-order valence-corrected chi connectivity index (χ2v) is 11.8. The predicted octanol–water partition coefficient (Wildman–Crippen LogP) is 0.939. The van der Waals surface area contributed by atoms with Crippen molar-refractivity contribution < 1.29 is 16.8 Å². The summed E-state index contributed by atoms with van der Waals surface area (Å²) in [5.74, 6) is 0. The predicted molar refractivity (Wildman–Crippen MR) is 92.7 cm³/mol. The molecule has 8 nitrogen and oxygen atoms in total. The van der Waals surface area contributed by atoms with Crippen LogP contribution in [0.3, 0.4) is 0 Å². The molecule has 12 heteroatoms. The third kappa shape index (κ3) is 3.30. The van der Waals surface area contributed by atoms with E-state index in [-0.39, 0.29) is 35.3 Å². The highest BCUT2D eigenvalue weighted by atomic mass is 79.9. The summed E-state index contributed by atoms with van der Waals surface area (Å²) < 4.78 is 55.2. The standard InChI is InChI=1S/C12H15BrN4O4S3/c1-15-9-10(8-14-15)23(18,19)16-4-6-17(7-5-16)24(20,21)12-3-2-11(13)22-12/h2-3,8-9H,4-7H2,1H3. The highest BCUT2D eigenvalue weighted by Crippen LogP contribution is 2.29. The molecule has 0 unspecified atom stereocenters. The molecule has 1 aliphatic heterocycles. The second-order valence-electron chi connectivity index (χ2n) is 5.22. The van der Waals surface area contributed by atoms with Gasteiger partial charge in [0.2, 0.25) is 10.0 Å². The number of thiophene rings is 1. The van der Waals surface area contributed by atoms with Gasteiger partial charge in [0.15, 0.2) is 0 Å². The van der Waals surface area contributed by atoms with E-state index in [1.165, 1.54) is 25.7 Å². The molecule has 0 aromatic carbocycles. The lowest BCUT2D eigenvalue weighted by Gasteiger charge is -2.32. The van der Waals surface area contributed by atoms with Crippen LogP contribution in [0.1, 0.15) is 0 Å². The number of nitrogens with zero attached hydrogens (tertiary/aromatic N) is 4. The quantitative estimate of drug-likeness (QED) is 0.684. The van der Waals surface area contributed by atoms with E-state index in [1.807, 2.05) is 0 Å². The zero-order chi connectivity index (χ0) is 17.5. The molecule has 1 fully saturated rings. The molecule has 0 bridgehead atoms. The van der Waals surface area contributed by atoms with Gasteiger partial charge >= 0.3 is 0 Å². The molecule has 0 N–H and O–H groups in total. The van der Waals surface area contributed by atoms with Crippen molar-refractivity contribution in [2.24, 2.45) is 7.05 Å². The Labute approximate surface area is 152 Å². The Morgan fingerprint density at radius 1 is 1.04 bits per heavy atom. The molecule has 2 aromatic rings. The third-order valence-electron chi connectivity index (χ3n) is 3.66. The molecule has 0 amide bonds. The van der Waals surface area contributed by atoms with Crippen LogP contribution in [0.15, 0.2) is 37.4 Å². The van der Waals surface area contributed by atoms with Crippen LogP contribution in [0.2, 0.25) is 0 Å². The minimum Gasteiger partial charge on any atom is -0.274 e. The van der Waals surface area contributed by atoms with Gasteiger partial charge in [-0.05, 0) is 28.1 Å². The van der Waals surface area contributed by atoms with Gasteiger partial charge in [0.05, 0.1) is 9.98 Å². The van der Waals surface area contributed by atoms with Crippen molar-refractivity contribution in [1.82, 2.24) is 18.4 Å². The van der Waals surface area contributed by atoms with Gasteiger partial charge in [-0.3, -0.25) is 4.68 Å². The molecule has 3 heterocycles. The first-order valence-electron chi connectivity index (χ1n) is 6.95. The van der Waals surface area contributed by atoms with Gasteiger partial charge in [0.25, 0.3) is 10.0 Å². The summed E-state index contributed by atoms with van der Waals surface area (Å²) in [5, 5.41) is 3.88. The fourth-order valence-electron chi connectivity index (χ4n) is 2.40. The summed E-state index contributed by atoms with van der Waals surface area (Å²) in [4.78, 5) is 0.114. The molecule has 0 saturated carbocycles. The molecule has 24 heavy (non-hydrogen) atoms. The normalized spacial score (nSPS) is 18.1.